The molecule has 0 radical (unpaired) electrons. The normalized spacial score (nSPS) is 16.2. The van der Waals surface area contributed by atoms with Crippen LogP contribution in [0.25, 0.3) is 0 Å². The highest BCUT2D eigenvalue weighted by Gasteiger charge is 2.32. The molecular formula is C19H20N2O5. The summed E-state index contributed by atoms with van der Waals surface area (Å²) in [6.07, 6.45) is -0.887. The highest BCUT2D eigenvalue weighted by Crippen LogP contribution is 2.25. The summed E-state index contributed by atoms with van der Waals surface area (Å²) in [4.78, 5) is 26.0. The van der Waals surface area contributed by atoms with Crippen molar-refractivity contribution in [1.29, 1.82) is 0 Å². The molecule has 136 valence electrons. The zero-order valence-corrected chi connectivity index (χ0v) is 14.6. The van der Waals surface area contributed by atoms with E-state index in [4.69, 9.17) is 14.2 Å². The van der Waals surface area contributed by atoms with Gasteiger partial charge in [-0.1, -0.05) is 18.2 Å². The van der Waals surface area contributed by atoms with Gasteiger partial charge in [0.05, 0.1) is 38.6 Å². The molecule has 7 nitrogen and oxygen atoms in total. The standard InChI is InChI=1S/C19H20N2O5/c1-24-14-7-5-6-13(10-14)21-12-15(26-19(21)23)11-20-18(22)16-8-3-4-9-17(16)25-2/h3-10,15H,11-12H2,1-2H3,(H,20,22). The van der Waals surface area contributed by atoms with Crippen molar-refractivity contribution in [3.63, 3.8) is 0 Å². The van der Waals surface area contributed by atoms with Crippen LogP contribution in [0, 0.1) is 0 Å². The number of rotatable bonds is 6. The van der Waals surface area contributed by atoms with Crippen LogP contribution >= 0.6 is 0 Å². The average molecular weight is 356 g/mol. The maximum Gasteiger partial charge on any atom is 0.414 e. The third kappa shape index (κ3) is 3.72. The molecule has 1 aliphatic rings. The van der Waals surface area contributed by atoms with Gasteiger partial charge in [-0.3, -0.25) is 9.69 Å². The number of nitrogens with zero attached hydrogens (tertiary/aromatic N) is 1. The Hall–Kier alpha value is -3.22. The first-order valence-electron chi connectivity index (χ1n) is 8.16. The molecule has 7 heteroatoms. The molecule has 1 unspecified atom stereocenters. The van der Waals surface area contributed by atoms with E-state index >= 15 is 0 Å². The van der Waals surface area contributed by atoms with Crippen LogP contribution in [-0.2, 0) is 4.74 Å². The van der Waals surface area contributed by atoms with Gasteiger partial charge in [0.1, 0.15) is 17.6 Å². The first kappa shape index (κ1) is 17.6. The highest BCUT2D eigenvalue weighted by atomic mass is 16.6. The molecule has 2 aromatic carbocycles. The summed E-state index contributed by atoms with van der Waals surface area (Å²) >= 11 is 0. The van der Waals surface area contributed by atoms with Crippen molar-refractivity contribution >= 4 is 17.7 Å². The summed E-state index contributed by atoms with van der Waals surface area (Å²) in [5.41, 5.74) is 1.12. The number of anilines is 1. The summed E-state index contributed by atoms with van der Waals surface area (Å²) in [6, 6.07) is 14.1. The molecule has 2 aromatic rings. The number of cyclic esters (lactones) is 1. The van der Waals surface area contributed by atoms with Crippen LogP contribution in [0.4, 0.5) is 10.5 Å². The van der Waals surface area contributed by atoms with Gasteiger partial charge in [-0.05, 0) is 24.3 Å². The quantitative estimate of drug-likeness (QED) is 0.860. The van der Waals surface area contributed by atoms with Crippen LogP contribution in [0.15, 0.2) is 48.5 Å². The Balaban J connectivity index is 1.61. The summed E-state index contributed by atoms with van der Waals surface area (Å²) < 4.78 is 15.7. The second-order valence-electron chi connectivity index (χ2n) is 5.73. The predicted molar refractivity (Wildman–Crippen MR) is 95.9 cm³/mol. The first-order chi connectivity index (χ1) is 12.6. The highest BCUT2D eigenvalue weighted by molar-refractivity contribution is 5.97. The number of hydrogen-bond donors (Lipinski definition) is 1. The molecule has 26 heavy (non-hydrogen) atoms. The third-order valence-electron chi connectivity index (χ3n) is 4.08. The smallest absolute Gasteiger partial charge is 0.414 e. The van der Waals surface area contributed by atoms with E-state index in [1.165, 1.54) is 12.0 Å². The predicted octanol–water partition coefficient (Wildman–Crippen LogP) is 2.46. The Morgan fingerprint density at radius 3 is 2.77 bits per heavy atom. The molecule has 0 spiro atoms. The van der Waals surface area contributed by atoms with Crippen LogP contribution in [0.2, 0.25) is 0 Å². The van der Waals surface area contributed by atoms with Crippen LogP contribution in [0.1, 0.15) is 10.4 Å². The lowest BCUT2D eigenvalue weighted by Crippen LogP contribution is -2.34. The Morgan fingerprint density at radius 2 is 2.00 bits per heavy atom. The van der Waals surface area contributed by atoms with E-state index in [1.807, 2.05) is 0 Å². The number of amides is 2. The van der Waals surface area contributed by atoms with Gasteiger partial charge in [0.2, 0.25) is 0 Å². The van der Waals surface area contributed by atoms with Crippen LogP contribution in [-0.4, -0.2) is 45.4 Å². The fourth-order valence-electron chi connectivity index (χ4n) is 2.75. The lowest BCUT2D eigenvalue weighted by atomic mass is 10.2. The Labute approximate surface area is 151 Å². The molecule has 1 saturated heterocycles. The molecule has 0 bridgehead atoms. The molecule has 1 atom stereocenters. The number of carbonyl (C=O) groups excluding carboxylic acids is 2. The molecule has 1 aliphatic heterocycles. The molecule has 1 fully saturated rings. The summed E-state index contributed by atoms with van der Waals surface area (Å²) in [7, 11) is 3.08. The average Bonchev–Trinajstić information content (AvgIpc) is 3.06. The molecule has 1 N–H and O–H groups in total. The van der Waals surface area contributed by atoms with Crippen LogP contribution in [0.3, 0.4) is 0 Å². The fraction of sp³-hybridized carbons (Fsp3) is 0.263. The Morgan fingerprint density at radius 1 is 1.19 bits per heavy atom. The van der Waals surface area contributed by atoms with Crippen molar-refractivity contribution in [2.75, 3.05) is 32.2 Å². The zero-order valence-electron chi connectivity index (χ0n) is 14.6. The van der Waals surface area contributed by atoms with Crippen molar-refractivity contribution in [2.45, 2.75) is 6.10 Å². The molecule has 0 aliphatic carbocycles. The van der Waals surface area contributed by atoms with E-state index in [0.29, 0.717) is 29.3 Å². The maximum atomic E-state index is 12.3. The molecule has 0 saturated carbocycles. The lowest BCUT2D eigenvalue weighted by molar-refractivity contribution is 0.0913. The fourth-order valence-corrected chi connectivity index (χ4v) is 2.75. The van der Waals surface area contributed by atoms with Gasteiger partial charge < -0.3 is 19.5 Å². The van der Waals surface area contributed by atoms with Crippen LogP contribution in [0.5, 0.6) is 11.5 Å². The monoisotopic (exact) mass is 356 g/mol. The summed E-state index contributed by atoms with van der Waals surface area (Å²) in [6.45, 7) is 0.557. The summed E-state index contributed by atoms with van der Waals surface area (Å²) in [5, 5.41) is 2.78. The van der Waals surface area contributed by atoms with Crippen molar-refractivity contribution < 1.29 is 23.8 Å². The molecular weight excluding hydrogens is 336 g/mol. The van der Waals surface area contributed by atoms with Crippen molar-refractivity contribution in [3.8, 4) is 11.5 Å². The van der Waals surface area contributed by atoms with E-state index in [0.717, 1.165) is 0 Å². The number of methoxy groups -OCH3 is 2. The third-order valence-corrected chi connectivity index (χ3v) is 4.08. The van der Waals surface area contributed by atoms with Gasteiger partial charge in [0.25, 0.3) is 5.91 Å². The second kappa shape index (κ2) is 7.77. The molecule has 0 aromatic heterocycles. The number of para-hydroxylation sites is 1. The van der Waals surface area contributed by atoms with Crippen molar-refractivity contribution in [1.82, 2.24) is 5.32 Å². The number of benzene rings is 2. The van der Waals surface area contributed by atoms with Gasteiger partial charge in [-0.15, -0.1) is 0 Å². The van der Waals surface area contributed by atoms with Gasteiger partial charge in [-0.2, -0.15) is 0 Å². The second-order valence-corrected chi connectivity index (χ2v) is 5.73. The van der Waals surface area contributed by atoms with E-state index in [9.17, 15) is 9.59 Å². The largest absolute Gasteiger partial charge is 0.497 e. The van der Waals surface area contributed by atoms with Crippen molar-refractivity contribution in [3.05, 3.63) is 54.1 Å². The molecule has 1 heterocycles. The van der Waals surface area contributed by atoms with Gasteiger partial charge in [0.15, 0.2) is 0 Å². The van der Waals surface area contributed by atoms with E-state index < -0.39 is 12.2 Å². The van der Waals surface area contributed by atoms with E-state index in [2.05, 4.69) is 5.32 Å². The topological polar surface area (TPSA) is 77.1 Å². The van der Waals surface area contributed by atoms with E-state index in [-0.39, 0.29) is 12.5 Å². The zero-order chi connectivity index (χ0) is 18.5. The number of carbonyl (C=O) groups is 2. The Kier molecular flexibility index (Phi) is 5.26. The number of ether oxygens (including phenoxy) is 3. The van der Waals surface area contributed by atoms with Crippen molar-refractivity contribution in [2.24, 2.45) is 0 Å². The Bertz CT molecular complexity index is 808. The minimum atomic E-state index is -0.449. The van der Waals surface area contributed by atoms with Gasteiger partial charge in [0, 0.05) is 6.07 Å². The summed E-state index contributed by atoms with van der Waals surface area (Å²) in [5.74, 6) is 0.868. The van der Waals surface area contributed by atoms with Crippen LogP contribution < -0.4 is 19.7 Å². The van der Waals surface area contributed by atoms with E-state index in [1.54, 1.807) is 55.6 Å². The lowest BCUT2D eigenvalue weighted by Gasteiger charge is -2.14. The number of nitrogens with one attached hydrogen (secondary N) is 1. The maximum absolute atomic E-state index is 12.3. The molecule has 3 rings (SSSR count). The minimum Gasteiger partial charge on any atom is -0.497 e. The first-order valence-corrected chi connectivity index (χ1v) is 8.16. The minimum absolute atomic E-state index is 0.211. The molecule has 2 amide bonds. The van der Waals surface area contributed by atoms with Gasteiger partial charge >= 0.3 is 6.09 Å². The van der Waals surface area contributed by atoms with Gasteiger partial charge in [-0.25, -0.2) is 4.79 Å². The number of hydrogen-bond acceptors (Lipinski definition) is 5. The SMILES string of the molecule is COc1cccc(N2CC(CNC(=O)c3ccccc3OC)OC2=O)c1.